The van der Waals surface area contributed by atoms with Gasteiger partial charge in [-0.3, -0.25) is 4.79 Å². The Balaban J connectivity index is 1.88. The van der Waals surface area contributed by atoms with Gasteiger partial charge in [-0.1, -0.05) is 76.0 Å². The van der Waals surface area contributed by atoms with Gasteiger partial charge in [-0.25, -0.2) is 0 Å². The third kappa shape index (κ3) is 15.2. The van der Waals surface area contributed by atoms with Crippen molar-refractivity contribution in [2.45, 2.75) is 103 Å². The average molecular weight is 407 g/mol. The van der Waals surface area contributed by atoms with E-state index < -0.39 is 0 Å². The van der Waals surface area contributed by atoms with Crippen molar-refractivity contribution < 1.29 is 19.0 Å². The van der Waals surface area contributed by atoms with Gasteiger partial charge >= 0.3 is 5.97 Å². The molecule has 0 N–H and O–H groups in total. The number of hydrogen-bond donors (Lipinski definition) is 0. The predicted octanol–water partition coefficient (Wildman–Crippen LogP) is 6.66. The number of hydrogen-bond acceptors (Lipinski definition) is 4. The van der Waals surface area contributed by atoms with Gasteiger partial charge in [-0.2, -0.15) is 0 Å². The molecule has 166 valence electrons. The normalized spacial score (nSPS) is 20.2. The minimum absolute atomic E-state index is 0.127. The molecule has 0 atom stereocenters. The Morgan fingerprint density at radius 2 is 1.48 bits per heavy atom. The molecule has 1 aliphatic rings. The molecule has 29 heavy (non-hydrogen) atoms. The minimum Gasteiger partial charge on any atom is -0.457 e. The molecule has 1 rings (SSSR count). The summed E-state index contributed by atoms with van der Waals surface area (Å²) in [6.07, 6.45) is 25.4. The van der Waals surface area contributed by atoms with Crippen molar-refractivity contribution in [2.24, 2.45) is 0 Å². The van der Waals surface area contributed by atoms with E-state index in [9.17, 15) is 4.79 Å². The first-order valence-corrected chi connectivity index (χ1v) is 11.6. The highest BCUT2D eigenvalue weighted by Gasteiger charge is 2.24. The first-order chi connectivity index (χ1) is 14.3. The zero-order valence-electron chi connectivity index (χ0n) is 18.7. The molecule has 1 saturated heterocycles. The van der Waals surface area contributed by atoms with Crippen LogP contribution in [0.1, 0.15) is 90.9 Å². The number of rotatable bonds is 16. The molecule has 4 heteroatoms. The van der Waals surface area contributed by atoms with Crippen LogP contribution in [0.25, 0.3) is 0 Å². The van der Waals surface area contributed by atoms with Crippen LogP contribution >= 0.6 is 0 Å². The van der Waals surface area contributed by atoms with Crippen molar-refractivity contribution in [3.05, 3.63) is 36.5 Å². The summed E-state index contributed by atoms with van der Waals surface area (Å²) in [6, 6.07) is 0. The van der Waals surface area contributed by atoms with E-state index in [-0.39, 0.29) is 18.4 Å². The van der Waals surface area contributed by atoms with Crippen molar-refractivity contribution in [1.82, 2.24) is 0 Å². The molecule has 0 amide bonds. The van der Waals surface area contributed by atoms with Gasteiger partial charge in [0.05, 0.1) is 13.2 Å². The molecule has 4 nitrogen and oxygen atoms in total. The van der Waals surface area contributed by atoms with E-state index >= 15 is 0 Å². The lowest BCUT2D eigenvalue weighted by atomic mass is 10.1. The first kappa shape index (κ1) is 25.6. The van der Waals surface area contributed by atoms with Crippen molar-refractivity contribution >= 4 is 5.97 Å². The quantitative estimate of drug-likeness (QED) is 0.163. The third-order valence-electron chi connectivity index (χ3n) is 4.79. The maximum atomic E-state index is 11.9. The monoisotopic (exact) mass is 406 g/mol. The van der Waals surface area contributed by atoms with Gasteiger partial charge in [0.2, 0.25) is 0 Å². The van der Waals surface area contributed by atoms with Gasteiger partial charge in [0.15, 0.2) is 6.29 Å². The molecule has 0 radical (unpaired) electrons. The Morgan fingerprint density at radius 3 is 2.17 bits per heavy atom. The maximum absolute atomic E-state index is 11.9. The fraction of sp³-hybridized carbons (Fsp3) is 0.720. The molecule has 0 spiro atoms. The van der Waals surface area contributed by atoms with E-state index in [1.165, 1.54) is 19.3 Å². The summed E-state index contributed by atoms with van der Waals surface area (Å²) >= 11 is 0. The lowest BCUT2D eigenvalue weighted by molar-refractivity contribution is -0.227. The summed E-state index contributed by atoms with van der Waals surface area (Å²) in [5, 5.41) is 0. The third-order valence-corrected chi connectivity index (χ3v) is 4.79. The van der Waals surface area contributed by atoms with Crippen LogP contribution in [0.15, 0.2) is 36.5 Å². The van der Waals surface area contributed by atoms with Gasteiger partial charge in [0.1, 0.15) is 6.10 Å². The van der Waals surface area contributed by atoms with Crippen LogP contribution in [0, 0.1) is 0 Å². The van der Waals surface area contributed by atoms with Crippen LogP contribution in [0.5, 0.6) is 0 Å². The molecular formula is C25H42O4. The van der Waals surface area contributed by atoms with Crippen LogP contribution in [-0.2, 0) is 19.0 Å². The summed E-state index contributed by atoms with van der Waals surface area (Å²) in [5.41, 5.74) is 0. The predicted molar refractivity (Wildman–Crippen MR) is 120 cm³/mol. The Morgan fingerprint density at radius 1 is 0.862 bits per heavy atom. The van der Waals surface area contributed by atoms with E-state index in [2.05, 4.69) is 50.3 Å². The van der Waals surface area contributed by atoms with Crippen LogP contribution in [0.2, 0.25) is 0 Å². The Kier molecular flexibility index (Phi) is 16.5. The number of carbonyl (C=O) groups excluding carboxylic acids is 1. The molecule has 1 fully saturated rings. The fourth-order valence-corrected chi connectivity index (χ4v) is 3.13. The highest BCUT2D eigenvalue weighted by molar-refractivity contribution is 5.69. The van der Waals surface area contributed by atoms with Gasteiger partial charge < -0.3 is 14.2 Å². The number of carbonyl (C=O) groups is 1. The van der Waals surface area contributed by atoms with Crippen molar-refractivity contribution in [1.29, 1.82) is 0 Å². The van der Waals surface area contributed by atoms with Gasteiger partial charge in [0.25, 0.3) is 0 Å². The standard InChI is InChI=1S/C25H42O4/c1-3-5-6-7-8-9-10-11-12-13-14-15-16-17-18-20-24(26)29-23-21-27-25(19-4-2)28-22-23/h5-6,8-9,11-12,23,25H,3-4,7,10,13-22H2,1-2H3/b6-5+,9-8+,12-11+. The second-order valence-corrected chi connectivity index (χ2v) is 7.60. The van der Waals surface area contributed by atoms with Crippen LogP contribution in [-0.4, -0.2) is 31.6 Å². The molecule has 0 aromatic rings. The number of allylic oxidation sites excluding steroid dienone is 6. The Labute approximate surface area is 178 Å². The number of unbranched alkanes of at least 4 members (excludes halogenated alkanes) is 5. The van der Waals surface area contributed by atoms with Crippen molar-refractivity contribution in [3.8, 4) is 0 Å². The fourth-order valence-electron chi connectivity index (χ4n) is 3.13. The zero-order chi connectivity index (χ0) is 21.0. The minimum atomic E-state index is -0.245. The van der Waals surface area contributed by atoms with Crippen LogP contribution < -0.4 is 0 Å². The topological polar surface area (TPSA) is 44.8 Å². The molecule has 0 unspecified atom stereocenters. The Bertz CT molecular complexity index is 473. The molecule has 0 aromatic heterocycles. The molecule has 0 bridgehead atoms. The molecule has 0 saturated carbocycles. The maximum Gasteiger partial charge on any atom is 0.306 e. The van der Waals surface area contributed by atoms with E-state index in [1.807, 2.05) is 0 Å². The highest BCUT2D eigenvalue weighted by Crippen LogP contribution is 2.14. The molecule has 0 aliphatic carbocycles. The molecule has 1 aliphatic heterocycles. The average Bonchev–Trinajstić information content (AvgIpc) is 2.72. The molecular weight excluding hydrogens is 364 g/mol. The highest BCUT2D eigenvalue weighted by atomic mass is 16.7. The zero-order valence-corrected chi connectivity index (χ0v) is 18.7. The Hall–Kier alpha value is -1.39. The van der Waals surface area contributed by atoms with Crippen molar-refractivity contribution in [2.75, 3.05) is 13.2 Å². The first-order valence-electron chi connectivity index (χ1n) is 11.6. The second-order valence-electron chi connectivity index (χ2n) is 7.60. The van der Waals surface area contributed by atoms with Crippen molar-refractivity contribution in [3.63, 3.8) is 0 Å². The number of ether oxygens (including phenoxy) is 3. The largest absolute Gasteiger partial charge is 0.457 e. The lowest BCUT2D eigenvalue weighted by Crippen LogP contribution is -2.38. The summed E-state index contributed by atoms with van der Waals surface area (Å²) in [5.74, 6) is -0.127. The molecule has 1 heterocycles. The summed E-state index contributed by atoms with van der Waals surface area (Å²) < 4.78 is 16.5. The van der Waals surface area contributed by atoms with Crippen LogP contribution in [0.3, 0.4) is 0 Å². The van der Waals surface area contributed by atoms with Gasteiger partial charge in [-0.15, -0.1) is 0 Å². The van der Waals surface area contributed by atoms with E-state index in [4.69, 9.17) is 14.2 Å². The van der Waals surface area contributed by atoms with Gasteiger partial charge in [-0.05, 0) is 44.9 Å². The van der Waals surface area contributed by atoms with E-state index in [1.54, 1.807) is 0 Å². The lowest BCUT2D eigenvalue weighted by Gasteiger charge is -2.28. The number of esters is 1. The molecule has 0 aromatic carbocycles. The summed E-state index contributed by atoms with van der Waals surface area (Å²) in [4.78, 5) is 11.9. The van der Waals surface area contributed by atoms with E-state index in [0.717, 1.165) is 51.4 Å². The summed E-state index contributed by atoms with van der Waals surface area (Å²) in [6.45, 7) is 5.16. The van der Waals surface area contributed by atoms with Gasteiger partial charge in [0, 0.05) is 6.42 Å². The smallest absolute Gasteiger partial charge is 0.306 e. The second kappa shape index (κ2) is 18.6. The van der Waals surface area contributed by atoms with E-state index in [0.29, 0.717) is 19.6 Å². The summed E-state index contributed by atoms with van der Waals surface area (Å²) in [7, 11) is 0. The SMILES string of the molecule is CC/C=C/C/C=C/C/C=C/CCCCCCCC(=O)OC1COC(CCC)OC1. The van der Waals surface area contributed by atoms with Crippen LogP contribution in [0.4, 0.5) is 0 Å².